The highest BCUT2D eigenvalue weighted by Crippen LogP contribution is 2.41. The summed E-state index contributed by atoms with van der Waals surface area (Å²) in [6.07, 6.45) is 7.33. The van der Waals surface area contributed by atoms with Crippen LogP contribution in [0.1, 0.15) is 11.5 Å². The molecule has 6 heteroatoms. The van der Waals surface area contributed by atoms with Crippen LogP contribution in [0.2, 0.25) is 0 Å². The van der Waals surface area contributed by atoms with Crippen molar-refractivity contribution in [3.8, 4) is 22.6 Å². The molecule has 0 N–H and O–H groups in total. The van der Waals surface area contributed by atoms with Gasteiger partial charge in [-0.15, -0.1) is 0 Å². The van der Waals surface area contributed by atoms with Crippen molar-refractivity contribution in [1.82, 2.24) is 19.7 Å². The average molecular weight is 370 g/mol. The Hall–Kier alpha value is -3.67. The highest BCUT2D eigenvalue weighted by molar-refractivity contribution is 6.10. The maximum Gasteiger partial charge on any atom is 0.141 e. The fourth-order valence-corrected chi connectivity index (χ4v) is 3.88. The molecule has 1 aromatic carbocycles. The summed E-state index contributed by atoms with van der Waals surface area (Å²) in [5.41, 5.74) is 5.85. The van der Waals surface area contributed by atoms with E-state index in [4.69, 9.17) is 9.26 Å². The standard InChI is InChI=1S/C22H18N4O2/c1-13-22(14(2)28-25-13)17-9-20-16(10-21(17)27-3)18-12-24-8-6-19(18)26(20)15-5-4-7-23-11-15/h4-12H,1-3H3. The molecule has 0 spiro atoms. The third kappa shape index (κ3) is 2.31. The zero-order valence-corrected chi connectivity index (χ0v) is 15.8. The van der Waals surface area contributed by atoms with Crippen LogP contribution < -0.4 is 4.74 Å². The van der Waals surface area contributed by atoms with E-state index in [1.807, 2.05) is 44.4 Å². The van der Waals surface area contributed by atoms with Crippen LogP contribution in [0.5, 0.6) is 5.75 Å². The van der Waals surface area contributed by atoms with Crippen LogP contribution in [-0.4, -0.2) is 26.8 Å². The van der Waals surface area contributed by atoms with Crippen molar-refractivity contribution in [2.45, 2.75) is 13.8 Å². The minimum absolute atomic E-state index is 0.765. The fourth-order valence-electron chi connectivity index (χ4n) is 3.88. The third-order valence-electron chi connectivity index (χ3n) is 5.09. The van der Waals surface area contributed by atoms with Crippen molar-refractivity contribution >= 4 is 21.8 Å². The van der Waals surface area contributed by atoms with Crippen LogP contribution in [0.3, 0.4) is 0 Å². The molecule has 0 fully saturated rings. The van der Waals surface area contributed by atoms with Crippen LogP contribution in [0.15, 0.2) is 59.6 Å². The van der Waals surface area contributed by atoms with Crippen LogP contribution >= 0.6 is 0 Å². The van der Waals surface area contributed by atoms with Gasteiger partial charge in [0.15, 0.2) is 0 Å². The second-order valence-corrected chi connectivity index (χ2v) is 6.71. The van der Waals surface area contributed by atoms with E-state index in [1.54, 1.807) is 19.5 Å². The Bertz CT molecular complexity index is 1300. The van der Waals surface area contributed by atoms with E-state index in [0.717, 1.165) is 55.8 Å². The summed E-state index contributed by atoms with van der Waals surface area (Å²) >= 11 is 0. The lowest BCUT2D eigenvalue weighted by atomic mass is 10.0. The highest BCUT2D eigenvalue weighted by Gasteiger charge is 2.20. The van der Waals surface area contributed by atoms with Crippen molar-refractivity contribution in [1.29, 1.82) is 0 Å². The number of ether oxygens (including phenoxy) is 1. The van der Waals surface area contributed by atoms with E-state index >= 15 is 0 Å². The Kier molecular flexibility index (Phi) is 3.65. The van der Waals surface area contributed by atoms with Gasteiger partial charge in [-0.05, 0) is 44.2 Å². The second kappa shape index (κ2) is 6.20. The summed E-state index contributed by atoms with van der Waals surface area (Å²) in [6, 6.07) is 10.2. The molecule has 6 nitrogen and oxygen atoms in total. The molecule has 0 bridgehead atoms. The maximum atomic E-state index is 5.74. The number of hydrogen-bond donors (Lipinski definition) is 0. The maximum absolute atomic E-state index is 5.74. The number of benzene rings is 1. The van der Waals surface area contributed by atoms with Crippen molar-refractivity contribution in [3.05, 3.63) is 66.6 Å². The lowest BCUT2D eigenvalue weighted by Crippen LogP contribution is -1.96. The Morgan fingerprint density at radius 1 is 0.964 bits per heavy atom. The molecule has 28 heavy (non-hydrogen) atoms. The second-order valence-electron chi connectivity index (χ2n) is 6.71. The Balaban J connectivity index is 1.95. The number of nitrogens with zero attached hydrogens (tertiary/aromatic N) is 4. The van der Waals surface area contributed by atoms with Gasteiger partial charge in [0.2, 0.25) is 0 Å². The largest absolute Gasteiger partial charge is 0.496 e. The van der Waals surface area contributed by atoms with Crippen molar-refractivity contribution in [3.63, 3.8) is 0 Å². The number of methoxy groups -OCH3 is 1. The van der Waals surface area contributed by atoms with Gasteiger partial charge >= 0.3 is 0 Å². The molecule has 0 aliphatic rings. The van der Waals surface area contributed by atoms with Gasteiger partial charge in [0.1, 0.15) is 11.5 Å². The van der Waals surface area contributed by atoms with Gasteiger partial charge in [-0.1, -0.05) is 5.16 Å². The summed E-state index contributed by atoms with van der Waals surface area (Å²) in [7, 11) is 1.68. The van der Waals surface area contributed by atoms with Crippen LogP contribution in [0, 0.1) is 13.8 Å². The molecule has 0 unspecified atom stereocenters. The molecule has 0 atom stereocenters. The van der Waals surface area contributed by atoms with Crippen molar-refractivity contribution in [2.24, 2.45) is 0 Å². The number of rotatable bonds is 3. The molecule has 0 radical (unpaired) electrons. The molecule has 5 rings (SSSR count). The lowest BCUT2D eigenvalue weighted by Gasteiger charge is -2.11. The molecular weight excluding hydrogens is 352 g/mol. The van der Waals surface area contributed by atoms with Crippen LogP contribution in [-0.2, 0) is 0 Å². The summed E-state index contributed by atoms with van der Waals surface area (Å²) in [5.74, 6) is 1.54. The highest BCUT2D eigenvalue weighted by atomic mass is 16.5. The average Bonchev–Trinajstić information content (AvgIpc) is 3.23. The van der Waals surface area contributed by atoms with E-state index in [2.05, 4.69) is 31.8 Å². The normalized spacial score (nSPS) is 11.4. The summed E-state index contributed by atoms with van der Waals surface area (Å²) in [5, 5.41) is 6.24. The molecule has 0 aliphatic heterocycles. The first-order chi connectivity index (χ1) is 13.7. The number of fused-ring (bicyclic) bond motifs is 3. The predicted octanol–water partition coefficient (Wildman–Crippen LogP) is 4.85. The van der Waals surface area contributed by atoms with Gasteiger partial charge in [-0.25, -0.2) is 0 Å². The smallest absolute Gasteiger partial charge is 0.141 e. The van der Waals surface area contributed by atoms with Gasteiger partial charge in [0, 0.05) is 34.9 Å². The zero-order chi connectivity index (χ0) is 19.3. The first kappa shape index (κ1) is 16.5. The lowest BCUT2D eigenvalue weighted by molar-refractivity contribution is 0.393. The predicted molar refractivity (Wildman–Crippen MR) is 108 cm³/mol. The molecule has 4 heterocycles. The molecule has 0 aliphatic carbocycles. The first-order valence-corrected chi connectivity index (χ1v) is 8.99. The number of hydrogen-bond acceptors (Lipinski definition) is 5. The third-order valence-corrected chi connectivity index (χ3v) is 5.09. The molecule has 0 saturated heterocycles. The topological polar surface area (TPSA) is 66.0 Å². The molecule has 0 saturated carbocycles. The molecule has 138 valence electrons. The number of aromatic nitrogens is 4. The molecule has 4 aromatic heterocycles. The SMILES string of the molecule is COc1cc2c3cnccc3n(-c3cccnc3)c2cc1-c1c(C)noc1C. The van der Waals surface area contributed by atoms with E-state index in [1.165, 1.54) is 0 Å². The van der Waals surface area contributed by atoms with Gasteiger partial charge in [-0.2, -0.15) is 0 Å². The minimum Gasteiger partial charge on any atom is -0.496 e. The Morgan fingerprint density at radius 2 is 1.82 bits per heavy atom. The summed E-state index contributed by atoms with van der Waals surface area (Å²) in [4.78, 5) is 8.63. The van der Waals surface area contributed by atoms with E-state index in [-0.39, 0.29) is 0 Å². The van der Waals surface area contributed by atoms with Crippen molar-refractivity contribution in [2.75, 3.05) is 7.11 Å². The molecular formula is C22H18N4O2. The molecule has 0 amide bonds. The van der Waals surface area contributed by atoms with Gasteiger partial charge < -0.3 is 13.8 Å². The summed E-state index contributed by atoms with van der Waals surface area (Å²) < 4.78 is 13.3. The quantitative estimate of drug-likeness (QED) is 0.454. The van der Waals surface area contributed by atoms with Gasteiger partial charge in [0.25, 0.3) is 0 Å². The fraction of sp³-hybridized carbons (Fsp3) is 0.136. The van der Waals surface area contributed by atoms with Crippen molar-refractivity contribution < 1.29 is 9.26 Å². The number of aryl methyl sites for hydroxylation is 2. The van der Waals surface area contributed by atoms with Crippen LogP contribution in [0.4, 0.5) is 0 Å². The van der Waals surface area contributed by atoms with E-state index < -0.39 is 0 Å². The Morgan fingerprint density at radius 3 is 2.54 bits per heavy atom. The van der Waals surface area contributed by atoms with Gasteiger partial charge in [0.05, 0.1) is 41.3 Å². The Labute approximate surface area is 161 Å². The summed E-state index contributed by atoms with van der Waals surface area (Å²) in [6.45, 7) is 3.86. The van der Waals surface area contributed by atoms with E-state index in [9.17, 15) is 0 Å². The zero-order valence-electron chi connectivity index (χ0n) is 15.8. The number of pyridine rings is 2. The minimum atomic E-state index is 0.765. The van der Waals surface area contributed by atoms with E-state index in [0.29, 0.717) is 0 Å². The monoisotopic (exact) mass is 370 g/mol. The molecule has 5 aromatic rings. The van der Waals surface area contributed by atoms with Gasteiger partial charge in [-0.3, -0.25) is 9.97 Å². The van der Waals surface area contributed by atoms with Crippen LogP contribution in [0.25, 0.3) is 38.6 Å². The first-order valence-electron chi connectivity index (χ1n) is 8.99.